The number of ether oxygens (including phenoxy) is 1. The molecule has 0 aliphatic heterocycles. The minimum atomic E-state index is -0.0595. The minimum absolute atomic E-state index is 0.0595. The largest absolute Gasteiger partial charge is 0.380 e. The number of rotatable bonds is 4. The highest BCUT2D eigenvalue weighted by Crippen LogP contribution is 2.37. The van der Waals surface area contributed by atoms with E-state index in [2.05, 4.69) is 6.92 Å². The maximum absolute atomic E-state index is 5.98. The van der Waals surface area contributed by atoms with Gasteiger partial charge in [-0.05, 0) is 32.6 Å². The highest BCUT2D eigenvalue weighted by atomic mass is 16.5. The molecule has 10 heavy (non-hydrogen) atoms. The van der Waals surface area contributed by atoms with Crippen molar-refractivity contribution in [3.05, 3.63) is 0 Å². The van der Waals surface area contributed by atoms with E-state index in [1.54, 1.807) is 0 Å². The van der Waals surface area contributed by atoms with E-state index in [0.29, 0.717) is 6.61 Å². The van der Waals surface area contributed by atoms with Crippen LogP contribution in [0.1, 0.15) is 26.7 Å². The Labute approximate surface area is 62.7 Å². The van der Waals surface area contributed by atoms with Gasteiger partial charge in [0.15, 0.2) is 0 Å². The first-order valence-electron chi connectivity index (χ1n) is 4.03. The maximum atomic E-state index is 5.98. The van der Waals surface area contributed by atoms with Gasteiger partial charge in [-0.15, -0.1) is 0 Å². The smallest absolute Gasteiger partial charge is 0.0646 e. The second-order valence-electron chi connectivity index (χ2n) is 3.42. The van der Waals surface area contributed by atoms with Crippen LogP contribution in [0.4, 0.5) is 0 Å². The molecule has 1 atom stereocenters. The molecule has 0 spiro atoms. The van der Waals surface area contributed by atoms with E-state index in [1.807, 2.05) is 6.92 Å². The van der Waals surface area contributed by atoms with E-state index in [-0.39, 0.29) is 5.54 Å². The third kappa shape index (κ3) is 1.96. The predicted octanol–water partition coefficient (Wildman–Crippen LogP) is 1.15. The van der Waals surface area contributed by atoms with E-state index < -0.39 is 0 Å². The molecular formula is C8H17NO. The van der Waals surface area contributed by atoms with Gasteiger partial charge in [-0.25, -0.2) is 0 Å². The molecule has 2 nitrogen and oxygen atoms in total. The highest BCUT2D eigenvalue weighted by Gasteiger charge is 2.38. The first-order chi connectivity index (χ1) is 4.67. The second-order valence-corrected chi connectivity index (χ2v) is 3.42. The second kappa shape index (κ2) is 2.89. The molecule has 0 aromatic carbocycles. The van der Waals surface area contributed by atoms with Gasteiger partial charge in [0.2, 0.25) is 0 Å². The Bertz CT molecular complexity index is 108. The molecule has 60 valence electrons. The quantitative estimate of drug-likeness (QED) is 0.640. The van der Waals surface area contributed by atoms with Crippen LogP contribution in [0, 0.1) is 5.92 Å². The van der Waals surface area contributed by atoms with Gasteiger partial charge in [-0.2, -0.15) is 0 Å². The molecule has 1 rings (SSSR count). The fraction of sp³-hybridized carbons (Fsp3) is 1.00. The summed E-state index contributed by atoms with van der Waals surface area (Å²) < 4.78 is 5.27. The fourth-order valence-corrected chi connectivity index (χ4v) is 1.18. The van der Waals surface area contributed by atoms with Crippen LogP contribution in [-0.2, 0) is 4.74 Å². The van der Waals surface area contributed by atoms with Crippen molar-refractivity contribution in [2.45, 2.75) is 32.2 Å². The van der Waals surface area contributed by atoms with Crippen LogP contribution in [0.5, 0.6) is 0 Å². The monoisotopic (exact) mass is 143 g/mol. The summed E-state index contributed by atoms with van der Waals surface area (Å²) in [4.78, 5) is 0. The average molecular weight is 143 g/mol. The van der Waals surface area contributed by atoms with Gasteiger partial charge in [-0.1, -0.05) is 0 Å². The van der Waals surface area contributed by atoms with Crippen molar-refractivity contribution in [2.75, 3.05) is 13.2 Å². The molecule has 0 aromatic rings. The Hall–Kier alpha value is -0.0800. The fourth-order valence-electron chi connectivity index (χ4n) is 1.18. The van der Waals surface area contributed by atoms with Gasteiger partial charge >= 0.3 is 0 Å². The molecule has 0 heterocycles. The summed E-state index contributed by atoms with van der Waals surface area (Å²) in [6.07, 6.45) is 2.58. The minimum Gasteiger partial charge on any atom is -0.380 e. The van der Waals surface area contributed by atoms with E-state index in [0.717, 1.165) is 12.5 Å². The van der Waals surface area contributed by atoms with E-state index >= 15 is 0 Å². The first kappa shape index (κ1) is 8.02. The number of hydrogen-bond donors (Lipinski definition) is 1. The Morgan fingerprint density at radius 2 is 2.20 bits per heavy atom. The molecule has 2 heteroatoms. The molecule has 0 amide bonds. The lowest BCUT2D eigenvalue weighted by Crippen LogP contribution is -2.43. The van der Waals surface area contributed by atoms with E-state index in [4.69, 9.17) is 10.5 Å². The summed E-state index contributed by atoms with van der Waals surface area (Å²) in [5.74, 6) is 0.721. The van der Waals surface area contributed by atoms with Crippen molar-refractivity contribution >= 4 is 0 Å². The normalized spacial score (nSPS) is 24.3. The van der Waals surface area contributed by atoms with Gasteiger partial charge in [0.25, 0.3) is 0 Å². The van der Waals surface area contributed by atoms with Gasteiger partial charge in [0.1, 0.15) is 0 Å². The maximum Gasteiger partial charge on any atom is 0.0646 e. The van der Waals surface area contributed by atoms with Crippen LogP contribution in [0.3, 0.4) is 0 Å². The molecule has 1 aliphatic rings. The summed E-state index contributed by atoms with van der Waals surface area (Å²) >= 11 is 0. The predicted molar refractivity (Wildman–Crippen MR) is 41.8 cm³/mol. The lowest BCUT2D eigenvalue weighted by atomic mass is 9.99. The highest BCUT2D eigenvalue weighted by molar-refractivity contribution is 4.94. The first-order valence-corrected chi connectivity index (χ1v) is 4.03. The lowest BCUT2D eigenvalue weighted by molar-refractivity contribution is 0.0924. The summed E-state index contributed by atoms with van der Waals surface area (Å²) in [6.45, 7) is 5.58. The average Bonchev–Trinajstić information content (AvgIpc) is 2.64. The molecule has 0 saturated heterocycles. The molecule has 0 bridgehead atoms. The number of hydrogen-bond acceptors (Lipinski definition) is 2. The Kier molecular flexibility index (Phi) is 2.32. The van der Waals surface area contributed by atoms with Gasteiger partial charge < -0.3 is 10.5 Å². The number of nitrogens with two attached hydrogens (primary N) is 1. The Morgan fingerprint density at radius 3 is 2.60 bits per heavy atom. The third-order valence-corrected chi connectivity index (χ3v) is 2.13. The van der Waals surface area contributed by atoms with Crippen molar-refractivity contribution in [1.82, 2.24) is 0 Å². The molecule has 1 aliphatic carbocycles. The molecule has 1 fully saturated rings. The van der Waals surface area contributed by atoms with Gasteiger partial charge in [-0.3, -0.25) is 0 Å². The van der Waals surface area contributed by atoms with Crippen molar-refractivity contribution < 1.29 is 4.74 Å². The van der Waals surface area contributed by atoms with Crippen molar-refractivity contribution in [2.24, 2.45) is 11.7 Å². The van der Waals surface area contributed by atoms with Crippen LogP contribution in [0.15, 0.2) is 0 Å². The zero-order valence-corrected chi connectivity index (χ0v) is 6.89. The van der Waals surface area contributed by atoms with Crippen LogP contribution in [0.2, 0.25) is 0 Å². The molecule has 1 saturated carbocycles. The molecule has 0 radical (unpaired) electrons. The lowest BCUT2D eigenvalue weighted by Gasteiger charge is -2.23. The molecule has 1 unspecified atom stereocenters. The topological polar surface area (TPSA) is 35.2 Å². The van der Waals surface area contributed by atoms with Crippen molar-refractivity contribution in [1.29, 1.82) is 0 Å². The Balaban J connectivity index is 2.20. The van der Waals surface area contributed by atoms with Gasteiger partial charge in [0, 0.05) is 12.1 Å². The van der Waals surface area contributed by atoms with E-state index in [1.165, 1.54) is 12.8 Å². The summed E-state index contributed by atoms with van der Waals surface area (Å²) in [5, 5.41) is 0. The van der Waals surface area contributed by atoms with Crippen molar-refractivity contribution in [3.63, 3.8) is 0 Å². The molecular weight excluding hydrogens is 126 g/mol. The summed E-state index contributed by atoms with van der Waals surface area (Å²) in [6, 6.07) is 0. The summed E-state index contributed by atoms with van der Waals surface area (Å²) in [7, 11) is 0. The SMILES string of the molecule is CCOCC(C)(N)C1CC1. The van der Waals surface area contributed by atoms with Crippen molar-refractivity contribution in [3.8, 4) is 0 Å². The Morgan fingerprint density at radius 1 is 1.60 bits per heavy atom. The van der Waals surface area contributed by atoms with Crippen LogP contribution < -0.4 is 5.73 Å². The standard InChI is InChI=1S/C8H17NO/c1-3-10-6-8(2,9)7-4-5-7/h7H,3-6,9H2,1-2H3. The molecule has 0 aromatic heterocycles. The van der Waals surface area contributed by atoms with Crippen LogP contribution >= 0.6 is 0 Å². The van der Waals surface area contributed by atoms with Gasteiger partial charge in [0.05, 0.1) is 6.61 Å². The van der Waals surface area contributed by atoms with Crippen LogP contribution in [0.25, 0.3) is 0 Å². The van der Waals surface area contributed by atoms with Crippen LogP contribution in [-0.4, -0.2) is 18.8 Å². The zero-order chi connectivity index (χ0) is 7.61. The molecule has 2 N–H and O–H groups in total. The summed E-state index contributed by atoms with van der Waals surface area (Å²) in [5.41, 5.74) is 5.92. The van der Waals surface area contributed by atoms with E-state index in [9.17, 15) is 0 Å². The third-order valence-electron chi connectivity index (χ3n) is 2.13. The zero-order valence-electron chi connectivity index (χ0n) is 6.89.